The number of rotatable bonds is 2. The van der Waals surface area contributed by atoms with Gasteiger partial charge in [-0.15, -0.1) is 0 Å². The second kappa shape index (κ2) is 3.71. The molecule has 1 fully saturated rings. The minimum Gasteiger partial charge on any atom is -0.303 e. The van der Waals surface area contributed by atoms with Crippen LogP contribution < -0.4 is 0 Å². The van der Waals surface area contributed by atoms with Gasteiger partial charge < -0.3 is 4.79 Å². The largest absolute Gasteiger partial charge is 0.303 e. The highest BCUT2D eigenvalue weighted by atomic mass is 16.1. The van der Waals surface area contributed by atoms with E-state index >= 15 is 0 Å². The summed E-state index contributed by atoms with van der Waals surface area (Å²) in [7, 11) is 0. The van der Waals surface area contributed by atoms with Gasteiger partial charge in [-0.1, -0.05) is 19.3 Å². The van der Waals surface area contributed by atoms with Crippen LogP contribution in [0.1, 0.15) is 39.0 Å². The maximum Gasteiger partial charge on any atom is 0.127 e. The van der Waals surface area contributed by atoms with Gasteiger partial charge in [-0.2, -0.15) is 5.26 Å². The fourth-order valence-corrected chi connectivity index (χ4v) is 1.99. The number of nitrogens with zero attached hydrogens (tertiary/aromatic N) is 1. The Hall–Kier alpha value is -0.840. The fourth-order valence-electron chi connectivity index (χ4n) is 1.99. The van der Waals surface area contributed by atoms with Gasteiger partial charge in [-0.05, 0) is 19.8 Å². The number of carbonyl (C=O) groups is 1. The molecular formula is C10H15NO. The van der Waals surface area contributed by atoms with E-state index in [4.69, 9.17) is 5.26 Å². The standard InChI is InChI=1S/C10H15NO/c1-9(7-11)10(8-12)5-3-2-4-6-10/h8-9H,2-6H2,1H3. The van der Waals surface area contributed by atoms with Crippen LogP contribution in [-0.2, 0) is 4.79 Å². The molecule has 0 amide bonds. The van der Waals surface area contributed by atoms with Crippen LogP contribution >= 0.6 is 0 Å². The van der Waals surface area contributed by atoms with Crippen LogP contribution in [0, 0.1) is 22.7 Å². The van der Waals surface area contributed by atoms with E-state index in [1.165, 1.54) is 6.42 Å². The summed E-state index contributed by atoms with van der Waals surface area (Å²) in [6, 6.07) is 2.20. The van der Waals surface area contributed by atoms with Gasteiger partial charge >= 0.3 is 0 Å². The van der Waals surface area contributed by atoms with Gasteiger partial charge in [0, 0.05) is 5.41 Å². The monoisotopic (exact) mass is 165 g/mol. The van der Waals surface area contributed by atoms with Crippen LogP contribution in [-0.4, -0.2) is 6.29 Å². The van der Waals surface area contributed by atoms with Gasteiger partial charge in [0.05, 0.1) is 12.0 Å². The number of aldehydes is 1. The summed E-state index contributed by atoms with van der Waals surface area (Å²) in [4.78, 5) is 10.9. The third-order valence-corrected chi connectivity index (χ3v) is 3.08. The molecule has 0 bridgehead atoms. The Labute approximate surface area is 73.6 Å². The highest BCUT2D eigenvalue weighted by Gasteiger charge is 2.37. The van der Waals surface area contributed by atoms with Crippen molar-refractivity contribution in [3.8, 4) is 6.07 Å². The van der Waals surface area contributed by atoms with Gasteiger partial charge in [0.2, 0.25) is 0 Å². The lowest BCUT2D eigenvalue weighted by atomic mass is 9.68. The third-order valence-electron chi connectivity index (χ3n) is 3.08. The van der Waals surface area contributed by atoms with Crippen molar-refractivity contribution in [2.45, 2.75) is 39.0 Å². The van der Waals surface area contributed by atoms with Gasteiger partial charge in [0.25, 0.3) is 0 Å². The first-order valence-corrected chi connectivity index (χ1v) is 4.61. The van der Waals surface area contributed by atoms with E-state index in [1.54, 1.807) is 0 Å². The molecule has 2 heteroatoms. The molecule has 1 atom stereocenters. The second-order valence-electron chi connectivity index (χ2n) is 3.76. The zero-order chi connectivity index (χ0) is 9.03. The molecule has 0 aromatic carbocycles. The summed E-state index contributed by atoms with van der Waals surface area (Å²) in [5, 5.41) is 8.77. The molecule has 0 aliphatic heterocycles. The van der Waals surface area contributed by atoms with E-state index in [9.17, 15) is 4.79 Å². The van der Waals surface area contributed by atoms with Crippen LogP contribution in [0.25, 0.3) is 0 Å². The highest BCUT2D eigenvalue weighted by molar-refractivity contribution is 5.60. The van der Waals surface area contributed by atoms with E-state index in [1.807, 2.05) is 6.92 Å². The molecule has 0 radical (unpaired) electrons. The van der Waals surface area contributed by atoms with Crippen LogP contribution in [0.15, 0.2) is 0 Å². The van der Waals surface area contributed by atoms with Crippen molar-refractivity contribution in [2.75, 3.05) is 0 Å². The molecule has 66 valence electrons. The number of carbonyl (C=O) groups excluding carboxylic acids is 1. The zero-order valence-electron chi connectivity index (χ0n) is 7.55. The van der Waals surface area contributed by atoms with E-state index < -0.39 is 0 Å². The first-order chi connectivity index (χ1) is 5.75. The number of hydrogen-bond acceptors (Lipinski definition) is 2. The summed E-state index contributed by atoms with van der Waals surface area (Å²) in [5.74, 6) is -0.115. The van der Waals surface area contributed by atoms with Crippen molar-refractivity contribution in [3.63, 3.8) is 0 Å². The molecule has 0 spiro atoms. The summed E-state index contributed by atoms with van der Waals surface area (Å²) in [6.45, 7) is 1.86. The van der Waals surface area contributed by atoms with Gasteiger partial charge in [-0.25, -0.2) is 0 Å². The molecule has 12 heavy (non-hydrogen) atoms. The molecule has 1 aliphatic carbocycles. The fraction of sp³-hybridized carbons (Fsp3) is 0.800. The van der Waals surface area contributed by atoms with Crippen molar-refractivity contribution >= 4 is 6.29 Å². The summed E-state index contributed by atoms with van der Waals surface area (Å²) in [6.07, 6.45) is 6.25. The number of nitriles is 1. The Kier molecular flexibility index (Phi) is 2.86. The molecule has 0 heterocycles. The molecule has 1 saturated carbocycles. The van der Waals surface area contributed by atoms with Gasteiger partial charge in [0.15, 0.2) is 0 Å². The van der Waals surface area contributed by atoms with Crippen molar-refractivity contribution in [1.82, 2.24) is 0 Å². The molecule has 0 aromatic heterocycles. The van der Waals surface area contributed by atoms with Crippen LogP contribution in [0.3, 0.4) is 0 Å². The lowest BCUT2D eigenvalue weighted by Crippen LogP contribution is -2.32. The predicted molar refractivity (Wildman–Crippen MR) is 46.4 cm³/mol. The normalized spacial score (nSPS) is 24.0. The SMILES string of the molecule is CC(C#N)C1(C=O)CCCCC1. The first-order valence-electron chi connectivity index (χ1n) is 4.61. The quantitative estimate of drug-likeness (QED) is 0.589. The molecule has 1 unspecified atom stereocenters. The lowest BCUT2D eigenvalue weighted by molar-refractivity contribution is -0.119. The molecule has 2 nitrogen and oxygen atoms in total. The molecule has 1 rings (SSSR count). The van der Waals surface area contributed by atoms with Crippen molar-refractivity contribution in [1.29, 1.82) is 5.26 Å². The van der Waals surface area contributed by atoms with Crippen molar-refractivity contribution < 1.29 is 4.79 Å². The Morgan fingerprint density at radius 1 is 1.42 bits per heavy atom. The van der Waals surface area contributed by atoms with E-state index in [0.717, 1.165) is 32.0 Å². The minimum absolute atomic E-state index is 0.115. The molecule has 0 aromatic rings. The van der Waals surface area contributed by atoms with Crippen LogP contribution in [0.5, 0.6) is 0 Å². The summed E-state index contributed by atoms with van der Waals surface area (Å²) in [5.41, 5.74) is -0.312. The summed E-state index contributed by atoms with van der Waals surface area (Å²) >= 11 is 0. The topological polar surface area (TPSA) is 40.9 Å². The van der Waals surface area contributed by atoms with Crippen molar-refractivity contribution in [3.05, 3.63) is 0 Å². The number of hydrogen-bond donors (Lipinski definition) is 0. The van der Waals surface area contributed by atoms with E-state index in [2.05, 4.69) is 6.07 Å². The lowest BCUT2D eigenvalue weighted by Gasteiger charge is -2.33. The highest BCUT2D eigenvalue weighted by Crippen LogP contribution is 2.40. The van der Waals surface area contributed by atoms with Crippen molar-refractivity contribution in [2.24, 2.45) is 11.3 Å². The van der Waals surface area contributed by atoms with Crippen LogP contribution in [0.2, 0.25) is 0 Å². The smallest absolute Gasteiger partial charge is 0.127 e. The average molecular weight is 165 g/mol. The maximum absolute atomic E-state index is 10.9. The zero-order valence-corrected chi connectivity index (χ0v) is 7.55. The minimum atomic E-state index is -0.312. The molecular weight excluding hydrogens is 150 g/mol. The molecule has 1 aliphatic rings. The van der Waals surface area contributed by atoms with Gasteiger partial charge in [-0.3, -0.25) is 0 Å². The first kappa shape index (κ1) is 9.25. The van der Waals surface area contributed by atoms with E-state index in [-0.39, 0.29) is 11.3 Å². The second-order valence-corrected chi connectivity index (χ2v) is 3.76. The Balaban J connectivity index is 2.74. The Morgan fingerprint density at radius 2 is 2.00 bits per heavy atom. The average Bonchev–Trinajstić information content (AvgIpc) is 2.17. The Bertz CT molecular complexity index is 198. The molecule has 0 N–H and O–H groups in total. The van der Waals surface area contributed by atoms with Crippen LogP contribution in [0.4, 0.5) is 0 Å². The van der Waals surface area contributed by atoms with Gasteiger partial charge in [0.1, 0.15) is 6.29 Å². The molecule has 0 saturated heterocycles. The predicted octanol–water partition coefficient (Wildman–Crippen LogP) is 2.30. The summed E-state index contributed by atoms with van der Waals surface area (Å²) < 4.78 is 0. The maximum atomic E-state index is 10.9. The Morgan fingerprint density at radius 3 is 2.42 bits per heavy atom. The third kappa shape index (κ3) is 1.50. The van der Waals surface area contributed by atoms with E-state index in [0.29, 0.717) is 0 Å².